The van der Waals surface area contributed by atoms with Crippen molar-refractivity contribution in [2.45, 2.75) is 18.4 Å². The summed E-state index contributed by atoms with van der Waals surface area (Å²) in [6.07, 6.45) is 7.19. The summed E-state index contributed by atoms with van der Waals surface area (Å²) in [4.78, 5) is 4.00. The molecule has 1 aromatic carbocycles. The van der Waals surface area contributed by atoms with E-state index in [1.54, 1.807) is 12.5 Å². The van der Waals surface area contributed by atoms with E-state index >= 15 is 0 Å². The Morgan fingerprint density at radius 2 is 1.93 bits per heavy atom. The van der Waals surface area contributed by atoms with Gasteiger partial charge < -0.3 is 9.67 Å². The van der Waals surface area contributed by atoms with Gasteiger partial charge in [-0.05, 0) is 30.5 Å². The van der Waals surface area contributed by atoms with Gasteiger partial charge in [0, 0.05) is 18.1 Å². The van der Waals surface area contributed by atoms with Crippen LogP contribution in [0.3, 0.4) is 0 Å². The van der Waals surface area contributed by atoms with Crippen LogP contribution in [0.25, 0.3) is 5.69 Å². The van der Waals surface area contributed by atoms with Crippen LogP contribution in [0, 0.1) is 0 Å². The third kappa shape index (κ3) is 1.45. The van der Waals surface area contributed by atoms with Crippen molar-refractivity contribution in [1.29, 1.82) is 0 Å². The predicted octanol–water partition coefficient (Wildman–Crippen LogP) is 1.85. The average Bonchev–Trinajstić information content (AvgIpc) is 2.84. The van der Waals surface area contributed by atoms with Crippen LogP contribution in [-0.2, 0) is 5.60 Å². The molecule has 0 bridgehead atoms. The molecular weight excluding hydrogens is 188 g/mol. The standard InChI is InChI=1S/C12H12N2O/c15-12(5-6-12)10-1-3-11(4-2-10)14-8-7-13-9-14/h1-4,7-9,15H,5-6H2. The Hall–Kier alpha value is -1.61. The Kier molecular flexibility index (Phi) is 1.70. The van der Waals surface area contributed by atoms with Crippen LogP contribution in [0.1, 0.15) is 18.4 Å². The van der Waals surface area contributed by atoms with E-state index in [2.05, 4.69) is 4.98 Å². The van der Waals surface area contributed by atoms with E-state index in [9.17, 15) is 5.11 Å². The monoisotopic (exact) mass is 200 g/mol. The van der Waals surface area contributed by atoms with Crippen LogP contribution in [0.4, 0.5) is 0 Å². The molecule has 1 aromatic heterocycles. The molecule has 3 nitrogen and oxygen atoms in total. The normalized spacial score (nSPS) is 17.7. The quantitative estimate of drug-likeness (QED) is 0.803. The highest BCUT2D eigenvalue weighted by atomic mass is 16.3. The van der Waals surface area contributed by atoms with Crippen LogP contribution in [0.5, 0.6) is 0 Å². The zero-order valence-electron chi connectivity index (χ0n) is 8.30. The molecule has 0 spiro atoms. The maximum absolute atomic E-state index is 9.90. The van der Waals surface area contributed by atoms with Gasteiger partial charge in [-0.2, -0.15) is 0 Å². The molecule has 3 heteroatoms. The minimum absolute atomic E-state index is 0.534. The van der Waals surface area contributed by atoms with Crippen LogP contribution in [0.2, 0.25) is 0 Å². The molecule has 15 heavy (non-hydrogen) atoms. The number of aliphatic hydroxyl groups is 1. The highest BCUT2D eigenvalue weighted by Crippen LogP contribution is 2.45. The maximum Gasteiger partial charge on any atom is 0.0991 e. The number of benzene rings is 1. The Balaban J connectivity index is 1.94. The lowest BCUT2D eigenvalue weighted by Crippen LogP contribution is -2.03. The molecule has 0 aliphatic heterocycles. The van der Waals surface area contributed by atoms with Gasteiger partial charge in [0.15, 0.2) is 0 Å². The van der Waals surface area contributed by atoms with E-state index < -0.39 is 5.60 Å². The lowest BCUT2D eigenvalue weighted by Gasteiger charge is -2.09. The number of nitrogens with zero attached hydrogens (tertiary/aromatic N) is 2. The van der Waals surface area contributed by atoms with Crippen molar-refractivity contribution in [1.82, 2.24) is 9.55 Å². The van der Waals surface area contributed by atoms with Crippen molar-refractivity contribution in [3.63, 3.8) is 0 Å². The zero-order valence-corrected chi connectivity index (χ0v) is 8.30. The molecule has 1 aliphatic carbocycles. The highest BCUT2D eigenvalue weighted by molar-refractivity contribution is 5.38. The largest absolute Gasteiger partial charge is 0.385 e. The number of hydrogen-bond donors (Lipinski definition) is 1. The minimum atomic E-state index is -0.534. The molecule has 1 heterocycles. The first-order valence-electron chi connectivity index (χ1n) is 5.09. The number of hydrogen-bond acceptors (Lipinski definition) is 2. The minimum Gasteiger partial charge on any atom is -0.385 e. The second kappa shape index (κ2) is 2.94. The average molecular weight is 200 g/mol. The molecule has 2 aromatic rings. The van der Waals surface area contributed by atoms with Gasteiger partial charge in [-0.1, -0.05) is 12.1 Å². The number of rotatable bonds is 2. The molecule has 0 saturated heterocycles. The maximum atomic E-state index is 9.90. The molecule has 0 radical (unpaired) electrons. The Labute approximate surface area is 88.0 Å². The van der Waals surface area contributed by atoms with E-state index in [1.807, 2.05) is 35.0 Å². The summed E-state index contributed by atoms with van der Waals surface area (Å²) < 4.78 is 1.95. The van der Waals surface area contributed by atoms with Crippen LogP contribution >= 0.6 is 0 Å². The van der Waals surface area contributed by atoms with E-state index in [4.69, 9.17) is 0 Å². The molecule has 0 atom stereocenters. The lowest BCUT2D eigenvalue weighted by molar-refractivity contribution is 0.151. The Bertz CT molecular complexity index is 455. The highest BCUT2D eigenvalue weighted by Gasteiger charge is 2.41. The van der Waals surface area contributed by atoms with Crippen molar-refractivity contribution in [2.75, 3.05) is 0 Å². The second-order valence-electron chi connectivity index (χ2n) is 4.05. The van der Waals surface area contributed by atoms with Crippen molar-refractivity contribution in [3.05, 3.63) is 48.5 Å². The van der Waals surface area contributed by atoms with Crippen molar-refractivity contribution in [3.8, 4) is 5.69 Å². The lowest BCUT2D eigenvalue weighted by atomic mass is 10.1. The van der Waals surface area contributed by atoms with Gasteiger partial charge >= 0.3 is 0 Å². The Morgan fingerprint density at radius 3 is 2.47 bits per heavy atom. The van der Waals surface area contributed by atoms with Crippen molar-refractivity contribution in [2.24, 2.45) is 0 Å². The summed E-state index contributed by atoms with van der Waals surface area (Å²) >= 11 is 0. The van der Waals surface area contributed by atoms with Gasteiger partial charge in [0.25, 0.3) is 0 Å². The first-order valence-corrected chi connectivity index (χ1v) is 5.09. The smallest absolute Gasteiger partial charge is 0.0991 e. The fraction of sp³-hybridized carbons (Fsp3) is 0.250. The van der Waals surface area contributed by atoms with Gasteiger partial charge in [0.1, 0.15) is 0 Å². The third-order valence-corrected chi connectivity index (χ3v) is 2.93. The summed E-state index contributed by atoms with van der Waals surface area (Å²) in [7, 11) is 0. The van der Waals surface area contributed by atoms with Crippen molar-refractivity contribution >= 4 is 0 Å². The second-order valence-corrected chi connectivity index (χ2v) is 4.05. The summed E-state index contributed by atoms with van der Waals surface area (Å²) in [5, 5.41) is 9.90. The molecule has 76 valence electrons. The zero-order chi connectivity index (χ0) is 10.3. The molecular formula is C12H12N2O. The molecule has 3 rings (SSSR count). The van der Waals surface area contributed by atoms with Gasteiger partial charge in [0.05, 0.1) is 11.9 Å². The fourth-order valence-electron chi connectivity index (χ4n) is 1.76. The first-order chi connectivity index (χ1) is 7.28. The summed E-state index contributed by atoms with van der Waals surface area (Å²) in [5.74, 6) is 0. The number of imidazole rings is 1. The van der Waals surface area contributed by atoms with E-state index in [0.29, 0.717) is 0 Å². The SMILES string of the molecule is OC1(c2ccc(-n3ccnc3)cc2)CC1. The van der Waals surface area contributed by atoms with Crippen LogP contribution in [0.15, 0.2) is 43.0 Å². The van der Waals surface area contributed by atoms with E-state index in [0.717, 1.165) is 24.1 Å². The molecule has 1 fully saturated rings. The van der Waals surface area contributed by atoms with Gasteiger partial charge in [-0.15, -0.1) is 0 Å². The van der Waals surface area contributed by atoms with Crippen LogP contribution in [-0.4, -0.2) is 14.7 Å². The molecule has 0 unspecified atom stereocenters. The molecule has 1 N–H and O–H groups in total. The molecule has 1 aliphatic rings. The third-order valence-electron chi connectivity index (χ3n) is 2.93. The van der Waals surface area contributed by atoms with E-state index in [1.165, 1.54) is 0 Å². The van der Waals surface area contributed by atoms with Gasteiger partial charge in [0.2, 0.25) is 0 Å². The summed E-state index contributed by atoms with van der Waals surface area (Å²) in [6.45, 7) is 0. The molecule has 1 saturated carbocycles. The number of aromatic nitrogens is 2. The Morgan fingerprint density at radius 1 is 1.20 bits per heavy atom. The summed E-state index contributed by atoms with van der Waals surface area (Å²) in [5.41, 5.74) is 1.56. The van der Waals surface area contributed by atoms with Crippen molar-refractivity contribution < 1.29 is 5.11 Å². The molecule has 0 amide bonds. The first kappa shape index (κ1) is 8.68. The van der Waals surface area contributed by atoms with Gasteiger partial charge in [-0.25, -0.2) is 4.98 Å². The van der Waals surface area contributed by atoms with Gasteiger partial charge in [-0.3, -0.25) is 0 Å². The topological polar surface area (TPSA) is 38.0 Å². The fourth-order valence-corrected chi connectivity index (χ4v) is 1.76. The predicted molar refractivity (Wildman–Crippen MR) is 56.7 cm³/mol. The summed E-state index contributed by atoms with van der Waals surface area (Å²) in [6, 6.07) is 7.99. The van der Waals surface area contributed by atoms with E-state index in [-0.39, 0.29) is 0 Å². The van der Waals surface area contributed by atoms with Crippen LogP contribution < -0.4 is 0 Å².